The molecule has 0 aromatic heterocycles. The molecular formula is C13H17FN2O4S. The van der Waals surface area contributed by atoms with Gasteiger partial charge in [0.1, 0.15) is 0 Å². The Morgan fingerprint density at radius 1 is 1.29 bits per heavy atom. The number of nitrogens with zero attached hydrogens (tertiary/aromatic N) is 1. The van der Waals surface area contributed by atoms with Crippen LogP contribution in [0.4, 0.5) is 10.1 Å². The van der Waals surface area contributed by atoms with E-state index >= 15 is 0 Å². The first-order valence-corrected chi connectivity index (χ1v) is 8.24. The zero-order chi connectivity index (χ0) is 15.6. The molecule has 1 N–H and O–H groups in total. The Bertz CT molecular complexity index is 640. The molecular weight excluding hydrogens is 299 g/mol. The second kappa shape index (κ2) is 6.07. The van der Waals surface area contributed by atoms with Gasteiger partial charge in [0.15, 0.2) is 0 Å². The summed E-state index contributed by atoms with van der Waals surface area (Å²) in [7, 11) is -3.85. The molecule has 21 heavy (non-hydrogen) atoms. The van der Waals surface area contributed by atoms with Crippen LogP contribution in [0.25, 0.3) is 0 Å². The van der Waals surface area contributed by atoms with E-state index < -0.39 is 26.5 Å². The van der Waals surface area contributed by atoms with Crippen LogP contribution >= 0.6 is 0 Å². The van der Waals surface area contributed by atoms with Crippen LogP contribution in [0.15, 0.2) is 23.1 Å². The van der Waals surface area contributed by atoms with Crippen LogP contribution < -0.4 is 4.72 Å². The van der Waals surface area contributed by atoms with Crippen molar-refractivity contribution in [3.63, 3.8) is 0 Å². The molecule has 1 aromatic rings. The smallest absolute Gasteiger partial charge is 0.258 e. The van der Waals surface area contributed by atoms with Crippen LogP contribution in [-0.2, 0) is 10.0 Å². The van der Waals surface area contributed by atoms with E-state index in [4.69, 9.17) is 0 Å². The fraction of sp³-hybridized carbons (Fsp3) is 0.538. The van der Waals surface area contributed by atoms with Crippen molar-refractivity contribution in [3.05, 3.63) is 34.1 Å². The van der Waals surface area contributed by atoms with E-state index in [1.807, 2.05) is 0 Å². The minimum absolute atomic E-state index is 0.163. The van der Waals surface area contributed by atoms with Crippen molar-refractivity contribution in [3.8, 4) is 0 Å². The van der Waals surface area contributed by atoms with Crippen LogP contribution in [0.2, 0.25) is 0 Å². The lowest BCUT2D eigenvalue weighted by Gasteiger charge is -2.26. The highest BCUT2D eigenvalue weighted by atomic mass is 32.2. The summed E-state index contributed by atoms with van der Waals surface area (Å²) in [5.41, 5.74) is -0.736. The van der Waals surface area contributed by atoms with Crippen LogP contribution in [0, 0.1) is 21.8 Å². The molecule has 1 aliphatic rings. The number of hydrogen-bond acceptors (Lipinski definition) is 4. The lowest BCUT2D eigenvalue weighted by atomic mass is 9.88. The van der Waals surface area contributed by atoms with Gasteiger partial charge in [0.25, 0.3) is 0 Å². The number of nitrogens with one attached hydrogen (secondary N) is 1. The first kappa shape index (κ1) is 15.8. The minimum atomic E-state index is -3.85. The number of benzene rings is 1. The van der Waals surface area contributed by atoms with Gasteiger partial charge >= 0.3 is 5.69 Å². The van der Waals surface area contributed by atoms with Crippen molar-refractivity contribution in [1.82, 2.24) is 4.72 Å². The van der Waals surface area contributed by atoms with Crippen LogP contribution in [0.1, 0.15) is 32.6 Å². The van der Waals surface area contributed by atoms with Gasteiger partial charge in [-0.3, -0.25) is 10.1 Å². The minimum Gasteiger partial charge on any atom is -0.258 e. The van der Waals surface area contributed by atoms with Gasteiger partial charge in [-0.15, -0.1) is 0 Å². The number of rotatable bonds is 4. The van der Waals surface area contributed by atoms with Gasteiger partial charge in [-0.2, -0.15) is 4.39 Å². The summed E-state index contributed by atoms with van der Waals surface area (Å²) < 4.78 is 40.4. The van der Waals surface area contributed by atoms with E-state index in [1.165, 1.54) is 0 Å². The maximum absolute atomic E-state index is 13.5. The molecule has 1 aromatic carbocycles. The van der Waals surface area contributed by atoms with Crippen molar-refractivity contribution in [2.75, 3.05) is 0 Å². The molecule has 0 bridgehead atoms. The van der Waals surface area contributed by atoms with Crippen molar-refractivity contribution >= 4 is 15.7 Å². The molecule has 0 amide bonds. The van der Waals surface area contributed by atoms with Crippen LogP contribution in [0.5, 0.6) is 0 Å². The van der Waals surface area contributed by atoms with Crippen molar-refractivity contribution in [2.45, 2.75) is 43.5 Å². The summed E-state index contributed by atoms with van der Waals surface area (Å²) in [6.07, 6.45) is 3.38. The fourth-order valence-electron chi connectivity index (χ4n) is 2.47. The van der Waals surface area contributed by atoms with Gasteiger partial charge in [0.05, 0.1) is 9.82 Å². The van der Waals surface area contributed by atoms with E-state index in [2.05, 4.69) is 11.6 Å². The van der Waals surface area contributed by atoms with Crippen molar-refractivity contribution in [2.24, 2.45) is 5.92 Å². The van der Waals surface area contributed by atoms with E-state index in [0.717, 1.165) is 37.8 Å². The molecule has 8 heteroatoms. The SMILES string of the molecule is CC1CCC(NS(=O)(=O)c2ccc([N+](=O)[O-])c(F)c2)CC1. The monoisotopic (exact) mass is 316 g/mol. The van der Waals surface area contributed by atoms with Gasteiger partial charge in [0, 0.05) is 18.2 Å². The van der Waals surface area contributed by atoms with Gasteiger partial charge < -0.3 is 0 Å². The molecule has 0 saturated heterocycles. The molecule has 0 unspecified atom stereocenters. The average Bonchev–Trinajstić information content (AvgIpc) is 2.40. The predicted molar refractivity (Wildman–Crippen MR) is 74.8 cm³/mol. The molecule has 0 aliphatic heterocycles. The topological polar surface area (TPSA) is 89.3 Å². The molecule has 1 aliphatic carbocycles. The molecule has 116 valence electrons. The lowest BCUT2D eigenvalue weighted by Crippen LogP contribution is -2.37. The summed E-state index contributed by atoms with van der Waals surface area (Å²) in [5, 5.41) is 10.5. The Kier molecular flexibility index (Phi) is 4.58. The van der Waals surface area contributed by atoms with Gasteiger partial charge in [-0.25, -0.2) is 13.1 Å². The average molecular weight is 316 g/mol. The number of hydrogen-bond donors (Lipinski definition) is 1. The number of nitro benzene ring substituents is 1. The zero-order valence-electron chi connectivity index (χ0n) is 11.6. The maximum Gasteiger partial charge on any atom is 0.304 e. The Labute approximate surface area is 122 Å². The Balaban J connectivity index is 2.16. The largest absolute Gasteiger partial charge is 0.304 e. The molecule has 0 radical (unpaired) electrons. The normalized spacial score (nSPS) is 23.0. The zero-order valence-corrected chi connectivity index (χ0v) is 12.4. The van der Waals surface area contributed by atoms with E-state index in [1.54, 1.807) is 0 Å². The van der Waals surface area contributed by atoms with Gasteiger partial charge in [-0.05, 0) is 37.7 Å². The third-order valence-corrected chi connectivity index (χ3v) is 5.28. The number of nitro groups is 1. The van der Waals surface area contributed by atoms with Crippen LogP contribution in [-0.4, -0.2) is 19.4 Å². The first-order chi connectivity index (χ1) is 9.79. The van der Waals surface area contributed by atoms with E-state index in [0.29, 0.717) is 12.0 Å². The highest BCUT2D eigenvalue weighted by Gasteiger charge is 2.26. The lowest BCUT2D eigenvalue weighted by molar-refractivity contribution is -0.387. The summed E-state index contributed by atoms with van der Waals surface area (Å²) in [6.45, 7) is 2.12. The second-order valence-electron chi connectivity index (χ2n) is 5.45. The molecule has 2 rings (SSSR count). The fourth-order valence-corrected chi connectivity index (χ4v) is 3.78. The van der Waals surface area contributed by atoms with E-state index in [-0.39, 0.29) is 10.9 Å². The highest BCUT2D eigenvalue weighted by Crippen LogP contribution is 2.26. The third-order valence-electron chi connectivity index (χ3n) is 3.76. The Morgan fingerprint density at radius 3 is 2.43 bits per heavy atom. The summed E-state index contributed by atoms with van der Waals surface area (Å²) >= 11 is 0. The van der Waals surface area contributed by atoms with E-state index in [9.17, 15) is 22.9 Å². The molecule has 0 heterocycles. The highest BCUT2D eigenvalue weighted by molar-refractivity contribution is 7.89. The number of sulfonamides is 1. The standard InChI is InChI=1S/C13H17FN2O4S/c1-9-2-4-10(5-3-9)15-21(19,20)11-6-7-13(16(17)18)12(14)8-11/h6-10,15H,2-5H2,1H3. The Hall–Kier alpha value is -1.54. The van der Waals surface area contributed by atoms with Crippen molar-refractivity contribution < 1.29 is 17.7 Å². The summed E-state index contributed by atoms with van der Waals surface area (Å²) in [5.74, 6) is -0.567. The molecule has 0 atom stereocenters. The van der Waals surface area contributed by atoms with Gasteiger partial charge in [-0.1, -0.05) is 6.92 Å². The van der Waals surface area contributed by atoms with Crippen molar-refractivity contribution in [1.29, 1.82) is 0 Å². The summed E-state index contributed by atoms with van der Waals surface area (Å²) in [6, 6.07) is 2.44. The van der Waals surface area contributed by atoms with Crippen LogP contribution in [0.3, 0.4) is 0 Å². The maximum atomic E-state index is 13.5. The first-order valence-electron chi connectivity index (χ1n) is 6.76. The van der Waals surface area contributed by atoms with Gasteiger partial charge in [0.2, 0.25) is 15.8 Å². The molecule has 1 fully saturated rings. The Morgan fingerprint density at radius 2 is 1.90 bits per heavy atom. The third kappa shape index (κ3) is 3.76. The predicted octanol–water partition coefficient (Wildman–Crippen LogP) is 2.59. The molecule has 6 nitrogen and oxygen atoms in total. The second-order valence-corrected chi connectivity index (χ2v) is 7.16. The summed E-state index contributed by atoms with van der Waals surface area (Å²) in [4.78, 5) is 9.36. The number of halogens is 1. The quantitative estimate of drug-likeness (QED) is 0.683. The molecule has 0 spiro atoms. The molecule has 1 saturated carbocycles.